The van der Waals surface area contributed by atoms with Crippen molar-refractivity contribution in [1.82, 2.24) is 0 Å². The highest BCUT2D eigenvalue weighted by Gasteiger charge is 1.80. The molecule has 98 valence electrons. The summed E-state index contributed by atoms with van der Waals surface area (Å²) in [6, 6.07) is 20.2. The van der Waals surface area contributed by atoms with E-state index in [-0.39, 0.29) is 0 Å². The van der Waals surface area contributed by atoms with E-state index in [2.05, 4.69) is 10.2 Å². The van der Waals surface area contributed by atoms with Gasteiger partial charge in [0.2, 0.25) is 0 Å². The lowest BCUT2D eigenvalue weighted by Gasteiger charge is -1.88. The van der Waals surface area contributed by atoms with E-state index < -0.39 is 0 Å². The first-order valence-corrected chi connectivity index (χ1v) is 6.45. The zero-order chi connectivity index (χ0) is 13.9. The molecule has 0 heterocycles. The van der Waals surface area contributed by atoms with Gasteiger partial charge in [0.05, 0.1) is 0 Å². The van der Waals surface area contributed by atoms with E-state index in [9.17, 15) is 0 Å². The molecule has 2 rings (SSSR count). The zero-order valence-electron chi connectivity index (χ0n) is 11.1. The van der Waals surface area contributed by atoms with E-state index in [4.69, 9.17) is 0 Å². The van der Waals surface area contributed by atoms with E-state index in [1.54, 1.807) is 12.4 Å². The van der Waals surface area contributed by atoms with Crippen LogP contribution in [0.4, 0.5) is 0 Å². The number of nitrogens with zero attached hydrogens (tertiary/aromatic N) is 2. The lowest BCUT2D eigenvalue weighted by molar-refractivity contribution is 1.27. The van der Waals surface area contributed by atoms with Gasteiger partial charge in [-0.2, -0.15) is 10.2 Å². The Kier molecular flexibility index (Phi) is 5.73. The molecule has 0 saturated carbocycles. The Morgan fingerprint density at radius 3 is 1.35 bits per heavy atom. The van der Waals surface area contributed by atoms with Gasteiger partial charge in [0.1, 0.15) is 0 Å². The lowest BCUT2D eigenvalue weighted by atomic mass is 10.2. The number of benzene rings is 2. The maximum absolute atomic E-state index is 3.92. The minimum atomic E-state index is 1.15. The summed E-state index contributed by atoms with van der Waals surface area (Å²) in [6.07, 6.45) is 11.0. The van der Waals surface area contributed by atoms with Gasteiger partial charge in [-0.3, -0.25) is 0 Å². The molecular formula is C18H16N2. The number of hydrogen-bond acceptors (Lipinski definition) is 2. The van der Waals surface area contributed by atoms with Gasteiger partial charge in [0.15, 0.2) is 0 Å². The third-order valence-corrected chi connectivity index (χ3v) is 2.55. The lowest BCUT2D eigenvalue weighted by Crippen LogP contribution is -1.70. The van der Waals surface area contributed by atoms with E-state index in [1.807, 2.05) is 85.0 Å². The molecule has 0 saturated heterocycles. The third kappa shape index (κ3) is 5.27. The maximum Gasteiger partial charge on any atom is 0.0495 e. The second-order valence-electron chi connectivity index (χ2n) is 4.07. The highest BCUT2D eigenvalue weighted by molar-refractivity contribution is 5.81. The van der Waals surface area contributed by atoms with Crippen LogP contribution < -0.4 is 0 Å². The SMILES string of the molecule is C(/C=C/c1ccccc1)=NN=C/C=C/c1ccccc1. The van der Waals surface area contributed by atoms with Crippen LogP contribution in [0.25, 0.3) is 12.2 Å². The predicted octanol–water partition coefficient (Wildman–Crippen LogP) is 4.47. The summed E-state index contributed by atoms with van der Waals surface area (Å²) in [5.41, 5.74) is 2.29. The van der Waals surface area contributed by atoms with Crippen LogP contribution in [0.1, 0.15) is 11.1 Å². The fourth-order valence-corrected chi connectivity index (χ4v) is 1.59. The van der Waals surface area contributed by atoms with Crippen molar-refractivity contribution in [2.75, 3.05) is 0 Å². The standard InChI is InChI=1S/C18H16N2/c1-3-9-17(10-4-1)13-7-15-19-20-16-8-14-18-11-5-2-6-12-18/h1-16H/b13-7+,14-8+,19-15?,20-16?. The van der Waals surface area contributed by atoms with Crippen LogP contribution in [0.5, 0.6) is 0 Å². The minimum Gasteiger partial charge on any atom is -0.159 e. The number of allylic oxidation sites excluding steroid dienone is 2. The monoisotopic (exact) mass is 260 g/mol. The van der Waals surface area contributed by atoms with E-state index in [0.717, 1.165) is 11.1 Å². The molecule has 20 heavy (non-hydrogen) atoms. The second-order valence-corrected chi connectivity index (χ2v) is 4.07. The molecule has 0 aliphatic heterocycles. The summed E-state index contributed by atoms with van der Waals surface area (Å²) >= 11 is 0. The van der Waals surface area contributed by atoms with Crippen molar-refractivity contribution in [3.8, 4) is 0 Å². The molecule has 0 atom stereocenters. The van der Waals surface area contributed by atoms with Crippen molar-refractivity contribution in [2.24, 2.45) is 10.2 Å². The Hall–Kier alpha value is -2.74. The Morgan fingerprint density at radius 1 is 0.550 bits per heavy atom. The van der Waals surface area contributed by atoms with Gasteiger partial charge < -0.3 is 0 Å². The van der Waals surface area contributed by atoms with E-state index in [1.165, 1.54) is 0 Å². The first kappa shape index (κ1) is 13.7. The van der Waals surface area contributed by atoms with Crippen molar-refractivity contribution in [3.63, 3.8) is 0 Å². The van der Waals surface area contributed by atoms with Gasteiger partial charge in [0, 0.05) is 12.4 Å². The molecule has 0 N–H and O–H groups in total. The molecule has 0 radical (unpaired) electrons. The summed E-state index contributed by atoms with van der Waals surface area (Å²) in [4.78, 5) is 0. The molecule has 2 nitrogen and oxygen atoms in total. The van der Waals surface area contributed by atoms with E-state index in [0.29, 0.717) is 0 Å². The smallest absolute Gasteiger partial charge is 0.0495 e. The van der Waals surface area contributed by atoms with Gasteiger partial charge in [-0.25, -0.2) is 0 Å². The topological polar surface area (TPSA) is 24.7 Å². The molecule has 0 aromatic heterocycles. The van der Waals surface area contributed by atoms with Gasteiger partial charge in [-0.15, -0.1) is 0 Å². The molecule has 2 aromatic rings. The van der Waals surface area contributed by atoms with Gasteiger partial charge in [0.25, 0.3) is 0 Å². The van der Waals surface area contributed by atoms with Crippen molar-refractivity contribution in [3.05, 3.63) is 83.9 Å². The molecule has 0 amide bonds. The normalized spacial score (nSPS) is 12.2. The fraction of sp³-hybridized carbons (Fsp3) is 0. The second kappa shape index (κ2) is 8.38. The highest BCUT2D eigenvalue weighted by atomic mass is 15.2. The average Bonchev–Trinajstić information content (AvgIpc) is 2.52. The first-order chi connectivity index (χ1) is 9.95. The molecule has 2 heteroatoms. The number of rotatable bonds is 5. The van der Waals surface area contributed by atoms with Crippen molar-refractivity contribution in [1.29, 1.82) is 0 Å². The van der Waals surface area contributed by atoms with E-state index >= 15 is 0 Å². The quantitative estimate of drug-likeness (QED) is 0.559. The molecule has 0 bridgehead atoms. The summed E-state index contributed by atoms with van der Waals surface area (Å²) in [6.45, 7) is 0. The van der Waals surface area contributed by atoms with Crippen LogP contribution in [0.2, 0.25) is 0 Å². The fourth-order valence-electron chi connectivity index (χ4n) is 1.59. The molecule has 0 spiro atoms. The van der Waals surface area contributed by atoms with Crippen LogP contribution in [-0.2, 0) is 0 Å². The summed E-state index contributed by atoms with van der Waals surface area (Å²) in [7, 11) is 0. The Morgan fingerprint density at radius 2 is 0.950 bits per heavy atom. The third-order valence-electron chi connectivity index (χ3n) is 2.55. The summed E-state index contributed by atoms with van der Waals surface area (Å²) in [5, 5.41) is 7.85. The van der Waals surface area contributed by atoms with Crippen molar-refractivity contribution in [2.45, 2.75) is 0 Å². The van der Waals surface area contributed by atoms with Crippen molar-refractivity contribution >= 4 is 24.6 Å². The van der Waals surface area contributed by atoms with Crippen LogP contribution in [0.3, 0.4) is 0 Å². The molecule has 2 aromatic carbocycles. The van der Waals surface area contributed by atoms with Crippen LogP contribution in [-0.4, -0.2) is 12.4 Å². The molecule has 0 fully saturated rings. The Balaban J connectivity index is 1.77. The molecule has 0 unspecified atom stereocenters. The largest absolute Gasteiger partial charge is 0.159 e. The molecular weight excluding hydrogens is 244 g/mol. The van der Waals surface area contributed by atoms with Gasteiger partial charge >= 0.3 is 0 Å². The van der Waals surface area contributed by atoms with Gasteiger partial charge in [-0.1, -0.05) is 72.8 Å². The maximum atomic E-state index is 3.92. The first-order valence-electron chi connectivity index (χ1n) is 6.45. The van der Waals surface area contributed by atoms with Crippen molar-refractivity contribution < 1.29 is 0 Å². The van der Waals surface area contributed by atoms with Crippen LogP contribution in [0, 0.1) is 0 Å². The van der Waals surface area contributed by atoms with Crippen LogP contribution in [0.15, 0.2) is 83.0 Å². The number of hydrogen-bond donors (Lipinski definition) is 0. The van der Waals surface area contributed by atoms with Gasteiger partial charge in [-0.05, 0) is 23.3 Å². The zero-order valence-corrected chi connectivity index (χ0v) is 11.1. The average molecular weight is 260 g/mol. The summed E-state index contributed by atoms with van der Waals surface area (Å²) < 4.78 is 0. The Bertz CT molecular complexity index is 551. The summed E-state index contributed by atoms with van der Waals surface area (Å²) in [5.74, 6) is 0. The molecule has 0 aliphatic carbocycles. The molecule has 0 aliphatic rings. The Labute approximate surface area is 119 Å². The van der Waals surface area contributed by atoms with Crippen LogP contribution >= 0.6 is 0 Å². The predicted molar refractivity (Wildman–Crippen MR) is 87.9 cm³/mol. The highest BCUT2D eigenvalue weighted by Crippen LogP contribution is 2.00. The minimum absolute atomic E-state index is 1.15.